The van der Waals surface area contributed by atoms with Crippen LogP contribution in [0.4, 0.5) is 0 Å². The molecule has 0 saturated heterocycles. The largest absolute Gasteiger partial charge is 0.490 e. The third-order valence-electron chi connectivity index (χ3n) is 3.66. The van der Waals surface area contributed by atoms with Crippen molar-refractivity contribution in [2.45, 2.75) is 39.3 Å². The number of nitrogens with one attached hydrogen (secondary N) is 1. The molecular formula is C15H19BrN4O2. The Balaban J connectivity index is 1.73. The van der Waals surface area contributed by atoms with Crippen LogP contribution in [0.1, 0.15) is 26.7 Å². The van der Waals surface area contributed by atoms with Crippen molar-refractivity contribution in [3.63, 3.8) is 0 Å². The second-order valence-corrected chi connectivity index (χ2v) is 6.67. The lowest BCUT2D eigenvalue weighted by Crippen LogP contribution is -2.35. The van der Waals surface area contributed by atoms with Gasteiger partial charge in [0.15, 0.2) is 0 Å². The molecule has 1 aliphatic rings. The van der Waals surface area contributed by atoms with Crippen LogP contribution in [0.15, 0.2) is 16.6 Å². The van der Waals surface area contributed by atoms with Crippen molar-refractivity contribution in [2.75, 3.05) is 6.61 Å². The van der Waals surface area contributed by atoms with Crippen molar-refractivity contribution in [3.05, 3.63) is 16.6 Å². The van der Waals surface area contributed by atoms with Crippen LogP contribution < -0.4 is 10.1 Å². The number of hydrogen-bond donors (Lipinski definition) is 1. The molecule has 22 heavy (non-hydrogen) atoms. The van der Waals surface area contributed by atoms with Crippen LogP contribution in [0.2, 0.25) is 0 Å². The molecule has 1 atom stereocenters. The Bertz CT molecular complexity index is 696. The van der Waals surface area contributed by atoms with Crippen molar-refractivity contribution in [3.8, 4) is 5.75 Å². The van der Waals surface area contributed by atoms with E-state index >= 15 is 0 Å². The first-order valence-corrected chi connectivity index (χ1v) is 8.25. The fourth-order valence-electron chi connectivity index (χ4n) is 2.38. The van der Waals surface area contributed by atoms with E-state index in [0.717, 1.165) is 28.0 Å². The lowest BCUT2D eigenvalue weighted by molar-refractivity contribution is -0.119. The number of amides is 1. The van der Waals surface area contributed by atoms with Crippen molar-refractivity contribution in [2.24, 2.45) is 5.92 Å². The molecule has 1 N–H and O–H groups in total. The third-order valence-corrected chi connectivity index (χ3v) is 4.42. The zero-order valence-corrected chi connectivity index (χ0v) is 14.3. The number of carbonyl (C=O) groups excluding carboxylic acids is 1. The van der Waals surface area contributed by atoms with Crippen molar-refractivity contribution >= 4 is 32.9 Å². The Hall–Kier alpha value is -1.63. The lowest BCUT2D eigenvalue weighted by Gasteiger charge is -2.14. The van der Waals surface area contributed by atoms with E-state index in [4.69, 9.17) is 4.74 Å². The summed E-state index contributed by atoms with van der Waals surface area (Å²) >= 11 is 3.55. The average Bonchev–Trinajstić information content (AvgIpc) is 3.17. The molecule has 118 valence electrons. The van der Waals surface area contributed by atoms with Gasteiger partial charge in [-0.1, -0.05) is 5.21 Å². The van der Waals surface area contributed by atoms with Gasteiger partial charge in [-0.15, -0.1) is 5.10 Å². The molecule has 1 aliphatic carbocycles. The molecule has 3 rings (SSSR count). The van der Waals surface area contributed by atoms with Gasteiger partial charge in [0.1, 0.15) is 17.9 Å². The van der Waals surface area contributed by atoms with Gasteiger partial charge in [-0.3, -0.25) is 4.79 Å². The predicted molar refractivity (Wildman–Crippen MR) is 86.7 cm³/mol. The maximum Gasteiger partial charge on any atom is 0.217 e. The maximum atomic E-state index is 11.0. The van der Waals surface area contributed by atoms with Gasteiger partial charge in [0.05, 0.1) is 16.0 Å². The van der Waals surface area contributed by atoms with E-state index in [9.17, 15) is 4.79 Å². The first-order chi connectivity index (χ1) is 10.5. The number of carbonyl (C=O) groups is 1. The number of ether oxygens (including phenoxy) is 1. The average molecular weight is 367 g/mol. The molecule has 0 bridgehead atoms. The number of hydrogen-bond acceptors (Lipinski definition) is 4. The number of rotatable bonds is 6. The second-order valence-electron chi connectivity index (χ2n) is 5.87. The fourth-order valence-corrected chi connectivity index (χ4v) is 2.91. The first kappa shape index (κ1) is 15.3. The van der Waals surface area contributed by atoms with Gasteiger partial charge in [-0.25, -0.2) is 4.68 Å². The Morgan fingerprint density at radius 1 is 1.55 bits per heavy atom. The van der Waals surface area contributed by atoms with Crippen molar-refractivity contribution in [1.82, 2.24) is 20.3 Å². The molecule has 0 aliphatic heterocycles. The van der Waals surface area contributed by atoms with Crippen LogP contribution in [0, 0.1) is 5.92 Å². The van der Waals surface area contributed by atoms with Crippen LogP contribution >= 0.6 is 15.9 Å². The summed E-state index contributed by atoms with van der Waals surface area (Å²) < 4.78 is 8.54. The fraction of sp³-hybridized carbons (Fsp3) is 0.533. The molecule has 0 radical (unpaired) electrons. The lowest BCUT2D eigenvalue weighted by atomic mass is 10.3. The monoisotopic (exact) mass is 366 g/mol. The smallest absolute Gasteiger partial charge is 0.217 e. The van der Waals surface area contributed by atoms with E-state index in [1.54, 1.807) is 0 Å². The molecule has 2 aromatic rings. The molecule has 1 fully saturated rings. The summed E-state index contributed by atoms with van der Waals surface area (Å²) in [6.07, 6.45) is 2.56. The molecule has 0 spiro atoms. The van der Waals surface area contributed by atoms with E-state index in [-0.39, 0.29) is 11.9 Å². The van der Waals surface area contributed by atoms with E-state index < -0.39 is 0 Å². The van der Waals surface area contributed by atoms with Crippen LogP contribution in [0.3, 0.4) is 0 Å². The zero-order chi connectivity index (χ0) is 15.7. The molecule has 1 unspecified atom stereocenters. The summed E-state index contributed by atoms with van der Waals surface area (Å²) in [7, 11) is 0. The van der Waals surface area contributed by atoms with Crippen LogP contribution in [-0.2, 0) is 11.3 Å². The molecule has 6 nitrogen and oxygen atoms in total. The molecule has 1 saturated carbocycles. The van der Waals surface area contributed by atoms with Gasteiger partial charge in [0, 0.05) is 13.5 Å². The summed E-state index contributed by atoms with van der Waals surface area (Å²) in [5.74, 6) is 1.40. The van der Waals surface area contributed by atoms with Crippen LogP contribution in [0.5, 0.6) is 5.75 Å². The first-order valence-electron chi connectivity index (χ1n) is 7.46. The topological polar surface area (TPSA) is 69.0 Å². The molecule has 1 aromatic heterocycles. The van der Waals surface area contributed by atoms with E-state index in [0.29, 0.717) is 12.4 Å². The summed E-state index contributed by atoms with van der Waals surface area (Å²) in [4.78, 5) is 11.0. The molecular weight excluding hydrogens is 348 g/mol. The zero-order valence-electron chi connectivity index (χ0n) is 12.7. The normalized spacial score (nSPS) is 15.8. The van der Waals surface area contributed by atoms with Gasteiger partial charge in [-0.2, -0.15) is 0 Å². The van der Waals surface area contributed by atoms with Gasteiger partial charge in [0.2, 0.25) is 5.91 Å². The predicted octanol–water partition coefficient (Wildman–Crippen LogP) is 2.51. The highest BCUT2D eigenvalue weighted by Crippen LogP contribution is 2.34. The van der Waals surface area contributed by atoms with Gasteiger partial charge in [-0.05, 0) is 53.7 Å². The van der Waals surface area contributed by atoms with E-state index in [1.165, 1.54) is 19.8 Å². The number of fused-ring (bicyclic) bond motifs is 1. The minimum atomic E-state index is -0.0614. The number of benzene rings is 1. The Kier molecular flexibility index (Phi) is 4.33. The minimum absolute atomic E-state index is 0.0503. The van der Waals surface area contributed by atoms with Crippen LogP contribution in [0.25, 0.3) is 11.0 Å². The standard InChI is InChI=1S/C15H19BrN4O2/c1-9(17-10(2)21)8-22-13-6-5-12-15(14(13)16)18-19-20(12)7-11-3-4-11/h5-6,9,11H,3-4,7-8H2,1-2H3,(H,17,21). The molecule has 7 heteroatoms. The number of aromatic nitrogens is 3. The maximum absolute atomic E-state index is 11.0. The summed E-state index contributed by atoms with van der Waals surface area (Å²) in [5, 5.41) is 11.3. The molecule has 1 amide bonds. The van der Waals surface area contributed by atoms with Crippen molar-refractivity contribution in [1.29, 1.82) is 0 Å². The Morgan fingerprint density at radius 2 is 2.32 bits per heavy atom. The highest BCUT2D eigenvalue weighted by Gasteiger charge is 2.23. The summed E-state index contributed by atoms with van der Waals surface area (Å²) in [6, 6.07) is 3.85. The quantitative estimate of drug-likeness (QED) is 0.852. The van der Waals surface area contributed by atoms with Gasteiger partial charge in [0.25, 0.3) is 0 Å². The molecule has 1 heterocycles. The van der Waals surface area contributed by atoms with E-state index in [1.807, 2.05) is 23.7 Å². The molecule has 1 aromatic carbocycles. The second kappa shape index (κ2) is 6.24. The Labute approximate surface area is 137 Å². The summed E-state index contributed by atoms with van der Waals surface area (Å²) in [6.45, 7) is 4.74. The summed E-state index contributed by atoms with van der Waals surface area (Å²) in [5.41, 5.74) is 1.83. The SMILES string of the molecule is CC(=O)NC(C)COc1ccc2c(nnn2CC2CC2)c1Br. The van der Waals surface area contributed by atoms with Crippen molar-refractivity contribution < 1.29 is 9.53 Å². The van der Waals surface area contributed by atoms with Gasteiger partial charge < -0.3 is 10.1 Å². The Morgan fingerprint density at radius 3 is 3.00 bits per heavy atom. The number of halogens is 1. The third kappa shape index (κ3) is 3.40. The van der Waals surface area contributed by atoms with Crippen LogP contribution in [-0.4, -0.2) is 33.5 Å². The van der Waals surface area contributed by atoms with E-state index in [2.05, 4.69) is 31.6 Å². The number of nitrogens with zero attached hydrogens (tertiary/aromatic N) is 3. The highest BCUT2D eigenvalue weighted by atomic mass is 79.9. The minimum Gasteiger partial charge on any atom is -0.490 e. The highest BCUT2D eigenvalue weighted by molar-refractivity contribution is 9.10. The van der Waals surface area contributed by atoms with Gasteiger partial charge >= 0.3 is 0 Å².